The van der Waals surface area contributed by atoms with Gasteiger partial charge in [0.15, 0.2) is 0 Å². The molecule has 0 fully saturated rings. The highest BCUT2D eigenvalue weighted by atomic mass is 32.1. The van der Waals surface area contributed by atoms with E-state index in [9.17, 15) is 0 Å². The molecule has 0 atom stereocenters. The van der Waals surface area contributed by atoms with Gasteiger partial charge in [0.05, 0.1) is 11.6 Å². The van der Waals surface area contributed by atoms with E-state index in [-0.39, 0.29) is 5.41 Å². The molecule has 1 aromatic heterocycles. The third kappa shape index (κ3) is 2.62. The Bertz CT molecular complexity index is 1120. The number of nitriles is 1. The molecule has 1 heterocycles. The van der Waals surface area contributed by atoms with E-state index >= 15 is 0 Å². The van der Waals surface area contributed by atoms with E-state index in [2.05, 4.69) is 63.2 Å². The summed E-state index contributed by atoms with van der Waals surface area (Å²) in [5.41, 5.74) is 4.62. The van der Waals surface area contributed by atoms with Gasteiger partial charge in [0.2, 0.25) is 0 Å². The van der Waals surface area contributed by atoms with Gasteiger partial charge in [-0.1, -0.05) is 69.3 Å². The highest BCUT2D eigenvalue weighted by Crippen LogP contribution is 2.43. The number of hydrogen-bond acceptors (Lipinski definition) is 2. The Morgan fingerprint density at radius 1 is 0.800 bits per heavy atom. The first kappa shape index (κ1) is 15.9. The third-order valence-corrected chi connectivity index (χ3v) is 5.95. The van der Waals surface area contributed by atoms with E-state index in [0.717, 1.165) is 5.56 Å². The van der Waals surface area contributed by atoms with Crippen LogP contribution in [-0.4, -0.2) is 0 Å². The first-order valence-corrected chi connectivity index (χ1v) is 9.26. The maximum Gasteiger partial charge on any atom is 0.0991 e. The van der Waals surface area contributed by atoms with Crippen LogP contribution in [-0.2, 0) is 5.41 Å². The lowest BCUT2D eigenvalue weighted by Gasteiger charge is -2.19. The monoisotopic (exact) mass is 341 g/mol. The second kappa shape index (κ2) is 5.72. The SMILES string of the molecule is CC(C)(C)c1cccc2c1sc1c(-c3ccc(C#N)cc3)cccc12. The normalized spacial score (nSPS) is 11.8. The molecular weight excluding hydrogens is 322 g/mol. The van der Waals surface area contributed by atoms with E-state index in [1.165, 1.54) is 31.3 Å². The largest absolute Gasteiger partial charge is 0.192 e. The molecular formula is C23H19NS. The lowest BCUT2D eigenvalue weighted by Crippen LogP contribution is -2.10. The quantitative estimate of drug-likeness (QED) is 0.370. The van der Waals surface area contributed by atoms with Gasteiger partial charge < -0.3 is 0 Å². The zero-order valence-electron chi connectivity index (χ0n) is 14.6. The zero-order valence-corrected chi connectivity index (χ0v) is 15.4. The highest BCUT2D eigenvalue weighted by molar-refractivity contribution is 7.26. The summed E-state index contributed by atoms with van der Waals surface area (Å²) in [6.45, 7) is 6.81. The first-order chi connectivity index (χ1) is 12.0. The van der Waals surface area contributed by atoms with Gasteiger partial charge in [-0.3, -0.25) is 0 Å². The maximum atomic E-state index is 9.02. The molecule has 0 spiro atoms. The van der Waals surface area contributed by atoms with E-state index in [1.54, 1.807) is 0 Å². The Morgan fingerprint density at radius 2 is 1.44 bits per heavy atom. The van der Waals surface area contributed by atoms with Gasteiger partial charge in [-0.25, -0.2) is 0 Å². The Labute approximate surface area is 152 Å². The summed E-state index contributed by atoms with van der Waals surface area (Å²) < 4.78 is 2.70. The fourth-order valence-electron chi connectivity index (χ4n) is 3.36. The van der Waals surface area contributed by atoms with Crippen LogP contribution < -0.4 is 0 Å². The van der Waals surface area contributed by atoms with Crippen LogP contribution in [0.1, 0.15) is 31.9 Å². The Kier molecular flexibility index (Phi) is 3.63. The lowest BCUT2D eigenvalue weighted by molar-refractivity contribution is 0.597. The van der Waals surface area contributed by atoms with Crippen LogP contribution in [0.2, 0.25) is 0 Å². The van der Waals surface area contributed by atoms with Gasteiger partial charge in [0.25, 0.3) is 0 Å². The molecule has 0 saturated heterocycles. The molecule has 2 heteroatoms. The Hall–Kier alpha value is -2.63. The summed E-state index contributed by atoms with van der Waals surface area (Å²) in [6.07, 6.45) is 0. The summed E-state index contributed by atoms with van der Waals surface area (Å²) in [4.78, 5) is 0. The molecule has 0 saturated carbocycles. The van der Waals surface area contributed by atoms with Crippen molar-refractivity contribution in [3.05, 3.63) is 71.8 Å². The van der Waals surface area contributed by atoms with Crippen molar-refractivity contribution in [2.75, 3.05) is 0 Å². The molecule has 1 nitrogen and oxygen atoms in total. The molecule has 0 aliphatic heterocycles. The molecule has 4 aromatic rings. The van der Waals surface area contributed by atoms with Gasteiger partial charge in [-0.15, -0.1) is 11.3 Å². The van der Waals surface area contributed by atoms with Crippen molar-refractivity contribution >= 4 is 31.5 Å². The average Bonchev–Trinajstić information content (AvgIpc) is 2.99. The van der Waals surface area contributed by atoms with Crippen molar-refractivity contribution in [3.63, 3.8) is 0 Å². The number of fused-ring (bicyclic) bond motifs is 3. The number of nitrogens with zero attached hydrogens (tertiary/aromatic N) is 1. The number of benzene rings is 3. The van der Waals surface area contributed by atoms with Gasteiger partial charge in [0.1, 0.15) is 0 Å². The minimum atomic E-state index is 0.120. The molecule has 0 aliphatic carbocycles. The average molecular weight is 341 g/mol. The van der Waals surface area contributed by atoms with Gasteiger partial charge in [-0.05, 0) is 34.2 Å². The highest BCUT2D eigenvalue weighted by Gasteiger charge is 2.20. The van der Waals surface area contributed by atoms with Crippen molar-refractivity contribution in [3.8, 4) is 17.2 Å². The van der Waals surface area contributed by atoms with Crippen LogP contribution in [0.3, 0.4) is 0 Å². The van der Waals surface area contributed by atoms with Crippen molar-refractivity contribution in [2.45, 2.75) is 26.2 Å². The topological polar surface area (TPSA) is 23.8 Å². The van der Waals surface area contributed by atoms with E-state index in [0.29, 0.717) is 5.56 Å². The second-order valence-corrected chi connectivity index (χ2v) is 8.43. The summed E-state index contributed by atoms with van der Waals surface area (Å²) in [7, 11) is 0. The van der Waals surface area contributed by atoms with E-state index < -0.39 is 0 Å². The van der Waals surface area contributed by atoms with Crippen LogP contribution in [0.15, 0.2) is 60.7 Å². The summed E-state index contributed by atoms with van der Waals surface area (Å²) in [5.74, 6) is 0. The number of rotatable bonds is 1. The molecule has 0 aliphatic rings. The fraction of sp³-hybridized carbons (Fsp3) is 0.174. The summed E-state index contributed by atoms with van der Waals surface area (Å²) in [6, 6.07) is 23.2. The van der Waals surface area contributed by atoms with Crippen molar-refractivity contribution < 1.29 is 0 Å². The minimum absolute atomic E-state index is 0.120. The molecule has 122 valence electrons. The van der Waals surface area contributed by atoms with Gasteiger partial charge in [0, 0.05) is 20.2 Å². The van der Waals surface area contributed by atoms with Crippen molar-refractivity contribution in [2.24, 2.45) is 0 Å². The van der Waals surface area contributed by atoms with Crippen LogP contribution in [0.25, 0.3) is 31.3 Å². The minimum Gasteiger partial charge on any atom is -0.192 e. The van der Waals surface area contributed by atoms with Gasteiger partial charge >= 0.3 is 0 Å². The predicted octanol–water partition coefficient (Wildman–Crippen LogP) is 6.89. The van der Waals surface area contributed by atoms with Crippen molar-refractivity contribution in [1.29, 1.82) is 5.26 Å². The molecule has 0 unspecified atom stereocenters. The molecule has 0 radical (unpaired) electrons. The molecule has 3 aromatic carbocycles. The smallest absolute Gasteiger partial charge is 0.0991 e. The number of hydrogen-bond donors (Lipinski definition) is 0. The Morgan fingerprint density at radius 3 is 2.08 bits per heavy atom. The predicted molar refractivity (Wildman–Crippen MR) is 108 cm³/mol. The summed E-state index contributed by atoms with van der Waals surface area (Å²) >= 11 is 1.88. The third-order valence-electron chi connectivity index (χ3n) is 4.66. The zero-order chi connectivity index (χ0) is 17.6. The molecule has 0 N–H and O–H groups in total. The van der Waals surface area contributed by atoms with Crippen LogP contribution in [0, 0.1) is 11.3 Å². The fourth-order valence-corrected chi connectivity index (χ4v) is 4.92. The van der Waals surface area contributed by atoms with Crippen LogP contribution in [0.4, 0.5) is 0 Å². The van der Waals surface area contributed by atoms with E-state index in [4.69, 9.17) is 5.26 Å². The maximum absolute atomic E-state index is 9.02. The van der Waals surface area contributed by atoms with Crippen LogP contribution in [0.5, 0.6) is 0 Å². The second-order valence-electron chi connectivity index (χ2n) is 7.41. The molecule has 0 bridgehead atoms. The molecule has 4 rings (SSSR count). The van der Waals surface area contributed by atoms with Gasteiger partial charge in [-0.2, -0.15) is 5.26 Å². The molecule has 25 heavy (non-hydrogen) atoms. The van der Waals surface area contributed by atoms with E-state index in [1.807, 2.05) is 35.6 Å². The lowest BCUT2D eigenvalue weighted by atomic mass is 9.86. The molecule has 0 amide bonds. The first-order valence-electron chi connectivity index (χ1n) is 8.44. The van der Waals surface area contributed by atoms with Crippen molar-refractivity contribution in [1.82, 2.24) is 0 Å². The Balaban J connectivity index is 2.03. The van der Waals surface area contributed by atoms with Crippen LogP contribution >= 0.6 is 11.3 Å². The standard InChI is InChI=1S/C23H19NS/c1-23(2,3)20-9-5-8-19-18-7-4-6-17(21(18)25-22(19)20)16-12-10-15(14-24)11-13-16/h4-13H,1-3H3. The number of thiophene rings is 1. The summed E-state index contributed by atoms with van der Waals surface area (Å²) in [5, 5.41) is 11.7.